The van der Waals surface area contributed by atoms with E-state index in [2.05, 4.69) is 4.57 Å². The molecule has 0 aliphatic heterocycles. The van der Waals surface area contributed by atoms with Crippen molar-refractivity contribution >= 4 is 0 Å². The maximum Gasteiger partial charge on any atom is 0.0740 e. The van der Waals surface area contributed by atoms with E-state index >= 15 is 0 Å². The van der Waals surface area contributed by atoms with E-state index in [9.17, 15) is 5.11 Å². The molecule has 1 atom stereocenters. The van der Waals surface area contributed by atoms with Crippen LogP contribution in [0.3, 0.4) is 0 Å². The molecule has 0 spiro atoms. The van der Waals surface area contributed by atoms with Gasteiger partial charge in [0.25, 0.3) is 0 Å². The number of aromatic nitrogens is 1. The number of aryl methyl sites for hydroxylation is 2. The van der Waals surface area contributed by atoms with Crippen molar-refractivity contribution in [1.29, 1.82) is 0 Å². The van der Waals surface area contributed by atoms with Crippen LogP contribution in [-0.4, -0.2) is 27.5 Å². The Bertz CT molecular complexity index is 248. The van der Waals surface area contributed by atoms with E-state index in [-0.39, 0.29) is 6.61 Å². The van der Waals surface area contributed by atoms with Crippen LogP contribution < -0.4 is 0 Å². The van der Waals surface area contributed by atoms with Gasteiger partial charge in [0.05, 0.1) is 6.10 Å². The lowest BCUT2D eigenvalue weighted by atomic mass is 10.2. The fraction of sp³-hybridized carbons (Fsp3) is 0.600. The van der Waals surface area contributed by atoms with Crippen LogP contribution >= 0.6 is 0 Å². The van der Waals surface area contributed by atoms with E-state index in [1.807, 2.05) is 26.0 Å². The van der Waals surface area contributed by atoms with E-state index in [1.165, 1.54) is 0 Å². The van der Waals surface area contributed by atoms with Gasteiger partial charge in [-0.3, -0.25) is 0 Å². The molecule has 0 aromatic carbocycles. The van der Waals surface area contributed by atoms with Crippen LogP contribution in [0.25, 0.3) is 0 Å². The molecule has 0 bridgehead atoms. The van der Waals surface area contributed by atoms with Gasteiger partial charge < -0.3 is 14.8 Å². The second kappa shape index (κ2) is 4.44. The molecule has 0 saturated carbocycles. The van der Waals surface area contributed by atoms with Gasteiger partial charge in [-0.05, 0) is 32.4 Å². The lowest BCUT2D eigenvalue weighted by molar-refractivity contribution is 0.116. The molecule has 0 aliphatic rings. The minimum atomic E-state index is -0.449. The van der Waals surface area contributed by atoms with Gasteiger partial charge in [-0.2, -0.15) is 0 Å². The predicted octanol–water partition coefficient (Wildman–Crippen LogP) is 0.848. The molecule has 3 heteroatoms. The van der Waals surface area contributed by atoms with E-state index in [0.29, 0.717) is 13.0 Å². The summed E-state index contributed by atoms with van der Waals surface area (Å²) in [6.07, 6.45) is -0.00773. The Kier molecular flexibility index (Phi) is 3.51. The molecule has 0 aliphatic carbocycles. The Labute approximate surface area is 78.6 Å². The third-order valence-corrected chi connectivity index (χ3v) is 2.27. The highest BCUT2D eigenvalue weighted by atomic mass is 16.3. The normalized spacial score (nSPS) is 13.2. The summed E-state index contributed by atoms with van der Waals surface area (Å²) in [6.45, 7) is 4.64. The Morgan fingerprint density at radius 3 is 2.31 bits per heavy atom. The molecule has 1 unspecified atom stereocenters. The van der Waals surface area contributed by atoms with Crippen molar-refractivity contribution in [2.24, 2.45) is 0 Å². The van der Waals surface area contributed by atoms with Crippen molar-refractivity contribution in [3.05, 3.63) is 23.5 Å². The number of hydrogen-bond acceptors (Lipinski definition) is 2. The monoisotopic (exact) mass is 183 g/mol. The van der Waals surface area contributed by atoms with Crippen molar-refractivity contribution in [2.75, 3.05) is 6.61 Å². The number of hydrogen-bond donors (Lipinski definition) is 2. The van der Waals surface area contributed by atoms with Crippen molar-refractivity contribution in [2.45, 2.75) is 32.9 Å². The Balaban J connectivity index is 2.62. The lowest BCUT2D eigenvalue weighted by Gasteiger charge is -2.13. The van der Waals surface area contributed by atoms with E-state index in [0.717, 1.165) is 11.4 Å². The van der Waals surface area contributed by atoms with Crippen LogP contribution in [0.1, 0.15) is 17.8 Å². The zero-order chi connectivity index (χ0) is 9.84. The first-order chi connectivity index (χ1) is 6.15. The summed E-state index contributed by atoms with van der Waals surface area (Å²) >= 11 is 0. The average molecular weight is 183 g/mol. The molecular formula is C10H17NO2. The molecule has 1 aromatic rings. The van der Waals surface area contributed by atoms with Crippen LogP contribution in [0, 0.1) is 13.8 Å². The van der Waals surface area contributed by atoms with Crippen molar-refractivity contribution in [3.8, 4) is 0 Å². The summed E-state index contributed by atoms with van der Waals surface area (Å²) in [6, 6.07) is 4.06. The number of nitrogens with zero attached hydrogens (tertiary/aromatic N) is 1. The quantitative estimate of drug-likeness (QED) is 0.727. The first-order valence-corrected chi connectivity index (χ1v) is 4.57. The smallest absolute Gasteiger partial charge is 0.0740 e. The molecule has 1 aromatic heterocycles. The van der Waals surface area contributed by atoms with Crippen molar-refractivity contribution in [1.82, 2.24) is 4.57 Å². The molecule has 0 saturated heterocycles. The second-order valence-corrected chi connectivity index (χ2v) is 3.39. The highest BCUT2D eigenvalue weighted by Crippen LogP contribution is 2.08. The Morgan fingerprint density at radius 2 is 1.85 bits per heavy atom. The standard InChI is InChI=1S/C10H17NO2/c1-8-3-4-9(2)11(8)7-10(13)5-6-12/h3-4,10,12-13H,5-7H2,1-2H3. The SMILES string of the molecule is Cc1ccc(C)n1CC(O)CCO. The topological polar surface area (TPSA) is 45.4 Å². The highest BCUT2D eigenvalue weighted by Gasteiger charge is 2.07. The largest absolute Gasteiger partial charge is 0.396 e. The third-order valence-electron chi connectivity index (χ3n) is 2.27. The van der Waals surface area contributed by atoms with Gasteiger partial charge in [-0.1, -0.05) is 0 Å². The maximum absolute atomic E-state index is 9.49. The first-order valence-electron chi connectivity index (χ1n) is 4.57. The molecule has 0 amide bonds. The zero-order valence-electron chi connectivity index (χ0n) is 8.20. The van der Waals surface area contributed by atoms with E-state index in [1.54, 1.807) is 0 Å². The number of aliphatic hydroxyl groups excluding tert-OH is 2. The lowest BCUT2D eigenvalue weighted by Crippen LogP contribution is -2.18. The van der Waals surface area contributed by atoms with Crippen molar-refractivity contribution < 1.29 is 10.2 Å². The number of rotatable bonds is 4. The zero-order valence-corrected chi connectivity index (χ0v) is 8.20. The van der Waals surface area contributed by atoms with Crippen LogP contribution in [0.5, 0.6) is 0 Å². The minimum absolute atomic E-state index is 0.0422. The summed E-state index contributed by atoms with van der Waals surface area (Å²) < 4.78 is 2.06. The maximum atomic E-state index is 9.49. The van der Waals surface area contributed by atoms with E-state index < -0.39 is 6.10 Å². The molecule has 0 radical (unpaired) electrons. The highest BCUT2D eigenvalue weighted by molar-refractivity contribution is 5.13. The van der Waals surface area contributed by atoms with Crippen molar-refractivity contribution in [3.63, 3.8) is 0 Å². The summed E-state index contributed by atoms with van der Waals surface area (Å²) in [5.74, 6) is 0. The Hall–Kier alpha value is -0.800. The fourth-order valence-corrected chi connectivity index (χ4v) is 1.44. The third kappa shape index (κ3) is 2.57. The van der Waals surface area contributed by atoms with Crippen LogP contribution in [0.4, 0.5) is 0 Å². The van der Waals surface area contributed by atoms with Gasteiger partial charge in [0.2, 0.25) is 0 Å². The first kappa shape index (κ1) is 10.3. The molecular weight excluding hydrogens is 166 g/mol. The fourth-order valence-electron chi connectivity index (χ4n) is 1.44. The summed E-state index contributed by atoms with van der Waals surface area (Å²) in [7, 11) is 0. The summed E-state index contributed by atoms with van der Waals surface area (Å²) in [5.41, 5.74) is 2.30. The summed E-state index contributed by atoms with van der Waals surface area (Å²) in [4.78, 5) is 0. The molecule has 1 rings (SSSR count). The van der Waals surface area contributed by atoms with E-state index in [4.69, 9.17) is 5.11 Å². The van der Waals surface area contributed by atoms with Crippen LogP contribution in [-0.2, 0) is 6.54 Å². The molecule has 3 nitrogen and oxygen atoms in total. The van der Waals surface area contributed by atoms with Crippen LogP contribution in [0.2, 0.25) is 0 Å². The number of aliphatic hydroxyl groups is 2. The minimum Gasteiger partial charge on any atom is -0.396 e. The predicted molar refractivity (Wildman–Crippen MR) is 51.6 cm³/mol. The summed E-state index contributed by atoms with van der Waals surface area (Å²) in [5, 5.41) is 18.1. The molecule has 74 valence electrons. The van der Waals surface area contributed by atoms with Gasteiger partial charge in [-0.15, -0.1) is 0 Å². The van der Waals surface area contributed by atoms with Crippen LogP contribution in [0.15, 0.2) is 12.1 Å². The van der Waals surface area contributed by atoms with Gasteiger partial charge in [0, 0.05) is 24.5 Å². The van der Waals surface area contributed by atoms with Gasteiger partial charge in [-0.25, -0.2) is 0 Å². The van der Waals surface area contributed by atoms with Gasteiger partial charge in [0.15, 0.2) is 0 Å². The van der Waals surface area contributed by atoms with Gasteiger partial charge in [0.1, 0.15) is 0 Å². The molecule has 0 fully saturated rings. The molecule has 1 heterocycles. The molecule has 2 N–H and O–H groups in total. The average Bonchev–Trinajstić information content (AvgIpc) is 2.36. The van der Waals surface area contributed by atoms with Gasteiger partial charge >= 0.3 is 0 Å². The Morgan fingerprint density at radius 1 is 1.31 bits per heavy atom. The molecule has 13 heavy (non-hydrogen) atoms. The second-order valence-electron chi connectivity index (χ2n) is 3.39.